The van der Waals surface area contributed by atoms with Crippen LogP contribution in [0.2, 0.25) is 0 Å². The predicted octanol–water partition coefficient (Wildman–Crippen LogP) is 1.83. The van der Waals surface area contributed by atoms with Crippen molar-refractivity contribution in [3.05, 3.63) is 0 Å². The van der Waals surface area contributed by atoms with Gasteiger partial charge in [-0.05, 0) is 31.7 Å². The SMILES string of the molecule is CNC(C1CCOC2(CCOC2)C1)C(OC)C(C)C. The van der Waals surface area contributed by atoms with Crippen LogP contribution in [0.3, 0.4) is 0 Å². The zero-order valence-electron chi connectivity index (χ0n) is 12.8. The fraction of sp³-hybridized carbons (Fsp3) is 1.00. The summed E-state index contributed by atoms with van der Waals surface area (Å²) in [5.41, 5.74) is -0.0205. The van der Waals surface area contributed by atoms with E-state index < -0.39 is 0 Å². The van der Waals surface area contributed by atoms with E-state index in [1.165, 1.54) is 0 Å². The van der Waals surface area contributed by atoms with E-state index in [9.17, 15) is 0 Å². The molecule has 1 N–H and O–H groups in total. The number of ether oxygens (including phenoxy) is 3. The Hall–Kier alpha value is -0.160. The van der Waals surface area contributed by atoms with E-state index in [-0.39, 0.29) is 11.7 Å². The van der Waals surface area contributed by atoms with Gasteiger partial charge in [0, 0.05) is 32.8 Å². The monoisotopic (exact) mass is 271 g/mol. The lowest BCUT2D eigenvalue weighted by Crippen LogP contribution is -2.52. The highest BCUT2D eigenvalue weighted by atomic mass is 16.6. The number of hydrogen-bond donors (Lipinski definition) is 1. The highest BCUT2D eigenvalue weighted by molar-refractivity contribution is 4.96. The first-order chi connectivity index (χ1) is 9.12. The topological polar surface area (TPSA) is 39.7 Å². The van der Waals surface area contributed by atoms with Gasteiger partial charge in [0.15, 0.2) is 0 Å². The molecule has 112 valence electrons. The quantitative estimate of drug-likeness (QED) is 0.828. The number of nitrogens with one attached hydrogen (secondary N) is 1. The van der Waals surface area contributed by atoms with E-state index in [4.69, 9.17) is 14.2 Å². The van der Waals surface area contributed by atoms with Crippen molar-refractivity contribution in [1.82, 2.24) is 5.32 Å². The van der Waals surface area contributed by atoms with Crippen molar-refractivity contribution >= 4 is 0 Å². The van der Waals surface area contributed by atoms with Crippen LogP contribution < -0.4 is 5.32 Å². The van der Waals surface area contributed by atoms with Gasteiger partial charge in [0.1, 0.15) is 0 Å². The van der Waals surface area contributed by atoms with Gasteiger partial charge in [0.2, 0.25) is 0 Å². The van der Waals surface area contributed by atoms with Crippen LogP contribution in [0.1, 0.15) is 33.1 Å². The van der Waals surface area contributed by atoms with Gasteiger partial charge in [-0.25, -0.2) is 0 Å². The van der Waals surface area contributed by atoms with Crippen molar-refractivity contribution in [3.8, 4) is 0 Å². The van der Waals surface area contributed by atoms with Crippen molar-refractivity contribution < 1.29 is 14.2 Å². The third-order valence-corrected chi connectivity index (χ3v) is 4.72. The molecule has 0 radical (unpaired) electrons. The Balaban J connectivity index is 2.05. The standard InChI is InChI=1S/C15H29NO3/c1-11(2)14(17-4)13(16-3)12-5-7-19-15(9-12)6-8-18-10-15/h11-14,16H,5-10H2,1-4H3. The molecule has 4 atom stereocenters. The minimum Gasteiger partial charge on any atom is -0.380 e. The zero-order chi connectivity index (χ0) is 13.9. The Morgan fingerprint density at radius 2 is 2.11 bits per heavy atom. The highest BCUT2D eigenvalue weighted by Gasteiger charge is 2.44. The van der Waals surface area contributed by atoms with Gasteiger partial charge in [-0.3, -0.25) is 0 Å². The number of hydrogen-bond acceptors (Lipinski definition) is 4. The maximum atomic E-state index is 6.03. The van der Waals surface area contributed by atoms with E-state index in [0.717, 1.165) is 39.1 Å². The largest absolute Gasteiger partial charge is 0.380 e. The molecule has 0 amide bonds. The van der Waals surface area contributed by atoms with E-state index in [2.05, 4.69) is 19.2 Å². The normalized spacial score (nSPS) is 34.9. The Labute approximate surface area is 117 Å². The van der Waals surface area contributed by atoms with Crippen LogP contribution in [0.5, 0.6) is 0 Å². The average molecular weight is 271 g/mol. The summed E-state index contributed by atoms with van der Waals surface area (Å²) >= 11 is 0. The average Bonchev–Trinajstić information content (AvgIpc) is 2.83. The molecule has 0 aromatic rings. The van der Waals surface area contributed by atoms with Gasteiger partial charge in [-0.1, -0.05) is 13.8 Å². The third kappa shape index (κ3) is 3.30. The van der Waals surface area contributed by atoms with Crippen LogP contribution in [-0.2, 0) is 14.2 Å². The Bertz CT molecular complexity index is 277. The number of methoxy groups -OCH3 is 1. The molecule has 2 heterocycles. The van der Waals surface area contributed by atoms with Gasteiger partial charge in [-0.2, -0.15) is 0 Å². The van der Waals surface area contributed by atoms with Gasteiger partial charge >= 0.3 is 0 Å². The second-order valence-electron chi connectivity index (χ2n) is 6.35. The molecule has 0 aromatic heterocycles. The van der Waals surface area contributed by atoms with Gasteiger partial charge < -0.3 is 19.5 Å². The maximum Gasteiger partial charge on any atom is 0.0939 e. The minimum absolute atomic E-state index is 0.0205. The van der Waals surface area contributed by atoms with Gasteiger partial charge in [0.05, 0.1) is 18.3 Å². The molecular formula is C15H29NO3. The number of rotatable bonds is 5. The van der Waals surface area contributed by atoms with Crippen molar-refractivity contribution in [2.45, 2.75) is 50.9 Å². The fourth-order valence-electron chi connectivity index (χ4n) is 3.74. The van der Waals surface area contributed by atoms with Crippen LogP contribution in [0.15, 0.2) is 0 Å². The highest BCUT2D eigenvalue weighted by Crippen LogP contribution is 2.38. The second-order valence-corrected chi connectivity index (χ2v) is 6.35. The summed E-state index contributed by atoms with van der Waals surface area (Å²) in [6, 6.07) is 0.395. The van der Waals surface area contributed by atoms with Crippen LogP contribution in [0.25, 0.3) is 0 Å². The van der Waals surface area contributed by atoms with E-state index in [1.54, 1.807) is 0 Å². The Kier molecular flexibility index (Phi) is 5.23. The lowest BCUT2D eigenvalue weighted by molar-refractivity contribution is -0.113. The molecule has 2 rings (SSSR count). The van der Waals surface area contributed by atoms with Crippen molar-refractivity contribution in [1.29, 1.82) is 0 Å². The van der Waals surface area contributed by atoms with E-state index in [1.807, 2.05) is 14.2 Å². The first-order valence-electron chi connectivity index (χ1n) is 7.53. The van der Waals surface area contributed by atoms with E-state index in [0.29, 0.717) is 17.9 Å². The fourth-order valence-corrected chi connectivity index (χ4v) is 3.74. The summed E-state index contributed by atoms with van der Waals surface area (Å²) in [6.07, 6.45) is 3.50. The Morgan fingerprint density at radius 1 is 1.32 bits per heavy atom. The molecule has 0 aliphatic carbocycles. The summed E-state index contributed by atoms with van der Waals surface area (Å²) in [4.78, 5) is 0. The second kappa shape index (κ2) is 6.53. The molecule has 0 aromatic carbocycles. The van der Waals surface area contributed by atoms with Crippen LogP contribution in [-0.4, -0.2) is 51.7 Å². The summed E-state index contributed by atoms with van der Waals surface area (Å²) < 4.78 is 17.3. The maximum absolute atomic E-state index is 6.03. The molecule has 2 fully saturated rings. The minimum atomic E-state index is -0.0205. The lowest BCUT2D eigenvalue weighted by Gasteiger charge is -2.43. The van der Waals surface area contributed by atoms with Crippen LogP contribution in [0, 0.1) is 11.8 Å². The zero-order valence-corrected chi connectivity index (χ0v) is 12.8. The molecular weight excluding hydrogens is 242 g/mol. The third-order valence-electron chi connectivity index (χ3n) is 4.72. The summed E-state index contributed by atoms with van der Waals surface area (Å²) in [5.74, 6) is 1.12. The van der Waals surface area contributed by atoms with Crippen LogP contribution >= 0.6 is 0 Å². The van der Waals surface area contributed by atoms with Crippen molar-refractivity contribution in [3.63, 3.8) is 0 Å². The summed E-state index contributed by atoms with van der Waals surface area (Å²) in [5, 5.41) is 3.49. The summed E-state index contributed by atoms with van der Waals surface area (Å²) in [7, 11) is 3.87. The molecule has 0 saturated carbocycles. The molecule has 2 saturated heterocycles. The van der Waals surface area contributed by atoms with Gasteiger partial charge in [-0.15, -0.1) is 0 Å². The first-order valence-corrected chi connectivity index (χ1v) is 7.53. The van der Waals surface area contributed by atoms with Crippen LogP contribution in [0.4, 0.5) is 0 Å². The van der Waals surface area contributed by atoms with Crippen molar-refractivity contribution in [2.24, 2.45) is 11.8 Å². The lowest BCUT2D eigenvalue weighted by atomic mass is 9.77. The predicted molar refractivity (Wildman–Crippen MR) is 75.3 cm³/mol. The number of likely N-dealkylation sites (N-methyl/N-ethyl adjacent to an activating group) is 1. The summed E-state index contributed by atoms with van der Waals surface area (Å²) in [6.45, 7) is 6.91. The smallest absolute Gasteiger partial charge is 0.0939 e. The molecule has 19 heavy (non-hydrogen) atoms. The molecule has 1 spiro atoms. The first kappa shape index (κ1) is 15.2. The van der Waals surface area contributed by atoms with Crippen molar-refractivity contribution in [2.75, 3.05) is 34.0 Å². The molecule has 4 unspecified atom stereocenters. The van der Waals surface area contributed by atoms with Gasteiger partial charge in [0.25, 0.3) is 0 Å². The van der Waals surface area contributed by atoms with E-state index >= 15 is 0 Å². The Morgan fingerprint density at radius 3 is 2.63 bits per heavy atom. The molecule has 4 heteroatoms. The molecule has 2 aliphatic heterocycles. The molecule has 2 aliphatic rings. The molecule has 4 nitrogen and oxygen atoms in total. The molecule has 0 bridgehead atoms.